The van der Waals surface area contributed by atoms with Gasteiger partial charge in [0.1, 0.15) is 0 Å². The first-order chi connectivity index (χ1) is 7.31. The van der Waals surface area contributed by atoms with Crippen LogP contribution in [0, 0.1) is 0 Å². The molecule has 15 heavy (non-hydrogen) atoms. The van der Waals surface area contributed by atoms with E-state index in [2.05, 4.69) is 6.92 Å². The highest BCUT2D eigenvalue weighted by molar-refractivity contribution is 8.22. The van der Waals surface area contributed by atoms with Crippen molar-refractivity contribution >= 4 is 28.4 Å². The average molecular weight is 248 g/mol. The van der Waals surface area contributed by atoms with Crippen molar-refractivity contribution in [2.45, 2.75) is 58.3 Å². The molecule has 0 N–H and O–H groups in total. The SMILES string of the molecule is CCCCCCCCCCOC(=S)SC. The molecule has 0 aromatic carbocycles. The van der Waals surface area contributed by atoms with E-state index in [9.17, 15) is 0 Å². The molecule has 0 atom stereocenters. The van der Waals surface area contributed by atoms with Gasteiger partial charge in [0.05, 0.1) is 6.61 Å². The zero-order chi connectivity index (χ0) is 11.4. The lowest BCUT2D eigenvalue weighted by atomic mass is 10.1. The number of hydrogen-bond donors (Lipinski definition) is 0. The summed E-state index contributed by atoms with van der Waals surface area (Å²) in [5.74, 6) is 0. The van der Waals surface area contributed by atoms with Gasteiger partial charge in [-0.15, -0.1) is 0 Å². The van der Waals surface area contributed by atoms with Crippen molar-refractivity contribution in [3.05, 3.63) is 0 Å². The van der Waals surface area contributed by atoms with Gasteiger partial charge in [-0.3, -0.25) is 0 Å². The van der Waals surface area contributed by atoms with E-state index in [0.717, 1.165) is 13.0 Å². The minimum atomic E-state index is 0.679. The van der Waals surface area contributed by atoms with E-state index in [0.29, 0.717) is 4.38 Å². The van der Waals surface area contributed by atoms with Gasteiger partial charge in [0.15, 0.2) is 0 Å². The highest BCUT2D eigenvalue weighted by atomic mass is 32.2. The second-order valence-electron chi connectivity index (χ2n) is 3.78. The van der Waals surface area contributed by atoms with E-state index in [-0.39, 0.29) is 0 Å². The van der Waals surface area contributed by atoms with E-state index in [1.165, 1.54) is 56.7 Å². The summed E-state index contributed by atoms with van der Waals surface area (Å²) >= 11 is 6.46. The zero-order valence-corrected chi connectivity index (χ0v) is 11.7. The van der Waals surface area contributed by atoms with Gasteiger partial charge in [-0.05, 0) is 24.9 Å². The second kappa shape index (κ2) is 12.3. The molecule has 0 unspecified atom stereocenters. The molecule has 0 rings (SSSR count). The number of thiocarbonyl (C=S) groups is 1. The van der Waals surface area contributed by atoms with Crippen LogP contribution in [0.1, 0.15) is 58.3 Å². The Balaban J connectivity index is 2.95. The largest absolute Gasteiger partial charge is 0.479 e. The molecule has 0 fully saturated rings. The molecule has 90 valence electrons. The normalized spacial score (nSPS) is 10.3. The van der Waals surface area contributed by atoms with Gasteiger partial charge in [-0.2, -0.15) is 0 Å². The first-order valence-electron chi connectivity index (χ1n) is 6.02. The molecule has 0 aromatic rings. The molecule has 0 aliphatic rings. The van der Waals surface area contributed by atoms with Crippen LogP contribution in [0.5, 0.6) is 0 Å². The Morgan fingerprint density at radius 2 is 1.53 bits per heavy atom. The lowest BCUT2D eigenvalue weighted by Crippen LogP contribution is -1.98. The maximum atomic E-state index is 5.33. The van der Waals surface area contributed by atoms with Gasteiger partial charge in [-0.1, -0.05) is 63.6 Å². The van der Waals surface area contributed by atoms with Crippen molar-refractivity contribution in [2.24, 2.45) is 0 Å². The first-order valence-corrected chi connectivity index (χ1v) is 7.65. The molecule has 0 aromatic heterocycles. The molecule has 1 nitrogen and oxygen atoms in total. The summed E-state index contributed by atoms with van der Waals surface area (Å²) in [6, 6.07) is 0. The summed E-state index contributed by atoms with van der Waals surface area (Å²) in [6.45, 7) is 3.06. The van der Waals surface area contributed by atoms with Crippen molar-refractivity contribution in [1.29, 1.82) is 0 Å². The molecule has 0 aliphatic carbocycles. The summed E-state index contributed by atoms with van der Waals surface area (Å²) in [5, 5.41) is 0. The zero-order valence-electron chi connectivity index (χ0n) is 10.1. The van der Waals surface area contributed by atoms with Crippen LogP contribution in [-0.4, -0.2) is 17.2 Å². The Hall–Kier alpha value is 0.240. The maximum Gasteiger partial charge on any atom is 0.219 e. The van der Waals surface area contributed by atoms with Crippen LogP contribution in [0.4, 0.5) is 0 Å². The van der Waals surface area contributed by atoms with E-state index >= 15 is 0 Å². The van der Waals surface area contributed by atoms with Gasteiger partial charge in [0.25, 0.3) is 0 Å². The number of ether oxygens (including phenoxy) is 1. The second-order valence-corrected chi connectivity index (χ2v) is 5.19. The Labute approximate surface area is 104 Å². The fraction of sp³-hybridized carbons (Fsp3) is 0.917. The van der Waals surface area contributed by atoms with E-state index < -0.39 is 0 Å². The van der Waals surface area contributed by atoms with Crippen molar-refractivity contribution in [3.8, 4) is 0 Å². The molecule has 0 saturated carbocycles. The van der Waals surface area contributed by atoms with Crippen LogP contribution in [-0.2, 0) is 4.74 Å². The molecular weight excluding hydrogens is 224 g/mol. The molecule has 0 amide bonds. The van der Waals surface area contributed by atoms with E-state index in [1.807, 2.05) is 6.26 Å². The fourth-order valence-electron chi connectivity index (χ4n) is 1.45. The topological polar surface area (TPSA) is 9.23 Å². The minimum Gasteiger partial charge on any atom is -0.479 e. The average Bonchev–Trinajstić information content (AvgIpc) is 2.26. The molecular formula is C12H24OS2. The van der Waals surface area contributed by atoms with Crippen LogP contribution in [0.3, 0.4) is 0 Å². The smallest absolute Gasteiger partial charge is 0.219 e. The monoisotopic (exact) mass is 248 g/mol. The van der Waals surface area contributed by atoms with Gasteiger partial charge in [-0.25, -0.2) is 0 Å². The van der Waals surface area contributed by atoms with Crippen molar-refractivity contribution in [3.63, 3.8) is 0 Å². The number of unbranched alkanes of at least 4 members (excludes halogenated alkanes) is 7. The Morgan fingerprint density at radius 3 is 2.07 bits per heavy atom. The third-order valence-electron chi connectivity index (χ3n) is 2.38. The summed E-state index contributed by atoms with van der Waals surface area (Å²) in [5.41, 5.74) is 0. The van der Waals surface area contributed by atoms with Crippen LogP contribution in [0.15, 0.2) is 0 Å². The number of rotatable bonds is 9. The minimum absolute atomic E-state index is 0.679. The van der Waals surface area contributed by atoms with Crippen molar-refractivity contribution in [2.75, 3.05) is 12.9 Å². The molecule has 0 bridgehead atoms. The van der Waals surface area contributed by atoms with Gasteiger partial charge < -0.3 is 4.74 Å². The predicted molar refractivity (Wildman–Crippen MR) is 74.7 cm³/mol. The van der Waals surface area contributed by atoms with Crippen LogP contribution < -0.4 is 0 Å². The lowest BCUT2D eigenvalue weighted by molar-refractivity contribution is 0.308. The van der Waals surface area contributed by atoms with Crippen LogP contribution in [0.25, 0.3) is 0 Å². The summed E-state index contributed by atoms with van der Waals surface area (Å²) in [4.78, 5) is 0. The van der Waals surface area contributed by atoms with Crippen LogP contribution in [0.2, 0.25) is 0 Å². The highest BCUT2D eigenvalue weighted by Crippen LogP contribution is 2.09. The van der Waals surface area contributed by atoms with Gasteiger partial charge in [0.2, 0.25) is 4.38 Å². The molecule has 0 aliphatic heterocycles. The van der Waals surface area contributed by atoms with Gasteiger partial charge in [0, 0.05) is 0 Å². The number of thioether (sulfide) groups is 1. The van der Waals surface area contributed by atoms with Crippen molar-refractivity contribution < 1.29 is 4.74 Å². The van der Waals surface area contributed by atoms with Crippen molar-refractivity contribution in [1.82, 2.24) is 0 Å². The maximum absolute atomic E-state index is 5.33. The van der Waals surface area contributed by atoms with E-state index in [1.54, 1.807) is 0 Å². The Bertz CT molecular complexity index is 149. The Kier molecular flexibility index (Phi) is 12.5. The molecule has 0 saturated heterocycles. The molecule has 0 radical (unpaired) electrons. The molecule has 0 spiro atoms. The van der Waals surface area contributed by atoms with Crippen LogP contribution >= 0.6 is 24.0 Å². The summed E-state index contributed by atoms with van der Waals surface area (Å²) < 4.78 is 6.01. The predicted octanol–water partition coefficient (Wildman–Crippen LogP) is 4.79. The third-order valence-corrected chi connectivity index (χ3v) is 3.45. The molecule has 3 heteroatoms. The number of hydrogen-bond acceptors (Lipinski definition) is 3. The highest BCUT2D eigenvalue weighted by Gasteiger charge is 1.94. The third kappa shape index (κ3) is 12.2. The van der Waals surface area contributed by atoms with E-state index in [4.69, 9.17) is 17.0 Å². The lowest BCUT2D eigenvalue weighted by Gasteiger charge is -2.04. The Morgan fingerprint density at radius 1 is 1.00 bits per heavy atom. The first kappa shape index (κ1) is 15.2. The summed E-state index contributed by atoms with van der Waals surface area (Å²) in [7, 11) is 0. The molecule has 0 heterocycles. The fourth-order valence-corrected chi connectivity index (χ4v) is 1.73. The standard InChI is InChI=1S/C12H24OS2/c1-3-4-5-6-7-8-9-10-11-13-12(14)15-2/h3-11H2,1-2H3. The van der Waals surface area contributed by atoms with Gasteiger partial charge >= 0.3 is 0 Å². The summed E-state index contributed by atoms with van der Waals surface area (Å²) in [6.07, 6.45) is 12.6. The quantitative estimate of drug-likeness (QED) is 0.429.